The molecule has 0 aliphatic carbocycles. The molecule has 1 aliphatic rings. The van der Waals surface area contributed by atoms with Crippen molar-refractivity contribution in [1.82, 2.24) is 14.4 Å². The predicted octanol–water partition coefficient (Wildman–Crippen LogP) is 3.44. The standard InChI is InChI=1S/C19H18FN3O3S/c20-16-8-4-5-9-17(16)27(24,25)23-12-10-15(11-13-23)19-21-18(22-26-19)14-6-2-1-3-7-14/h1-9,15H,10-13H2. The Labute approximate surface area is 156 Å². The molecule has 1 aliphatic heterocycles. The Morgan fingerprint density at radius 3 is 2.37 bits per heavy atom. The zero-order valence-corrected chi connectivity index (χ0v) is 15.3. The number of nitrogens with zero attached hydrogens (tertiary/aromatic N) is 3. The first kappa shape index (κ1) is 17.8. The monoisotopic (exact) mass is 387 g/mol. The second kappa shape index (κ2) is 7.21. The lowest BCUT2D eigenvalue weighted by Gasteiger charge is -2.29. The fourth-order valence-corrected chi connectivity index (χ4v) is 4.78. The van der Waals surface area contributed by atoms with Crippen LogP contribution in [0.1, 0.15) is 24.7 Å². The molecular formula is C19H18FN3O3S. The van der Waals surface area contributed by atoms with Gasteiger partial charge in [-0.25, -0.2) is 12.8 Å². The summed E-state index contributed by atoms with van der Waals surface area (Å²) in [4.78, 5) is 4.17. The van der Waals surface area contributed by atoms with Gasteiger partial charge in [0.25, 0.3) is 0 Å². The van der Waals surface area contributed by atoms with E-state index < -0.39 is 15.8 Å². The maximum Gasteiger partial charge on any atom is 0.245 e. The van der Waals surface area contributed by atoms with Crippen LogP contribution in [0.2, 0.25) is 0 Å². The van der Waals surface area contributed by atoms with E-state index in [1.54, 1.807) is 0 Å². The van der Waals surface area contributed by atoms with Gasteiger partial charge in [-0.15, -0.1) is 0 Å². The number of halogens is 1. The first-order valence-electron chi connectivity index (χ1n) is 8.69. The Hall–Kier alpha value is -2.58. The van der Waals surface area contributed by atoms with E-state index in [0.717, 1.165) is 11.6 Å². The molecule has 0 spiro atoms. The molecular weight excluding hydrogens is 369 g/mol. The van der Waals surface area contributed by atoms with Gasteiger partial charge in [0.15, 0.2) is 0 Å². The fourth-order valence-electron chi connectivity index (χ4n) is 3.24. The van der Waals surface area contributed by atoms with E-state index in [1.807, 2.05) is 30.3 Å². The Bertz CT molecular complexity index is 1030. The lowest BCUT2D eigenvalue weighted by atomic mass is 9.98. The molecule has 1 saturated heterocycles. The van der Waals surface area contributed by atoms with E-state index in [4.69, 9.17) is 4.52 Å². The zero-order valence-electron chi connectivity index (χ0n) is 14.5. The topological polar surface area (TPSA) is 76.3 Å². The number of piperidine rings is 1. The van der Waals surface area contributed by atoms with Crippen LogP contribution in [0.4, 0.5) is 4.39 Å². The molecule has 0 N–H and O–H groups in total. The van der Waals surface area contributed by atoms with Crippen molar-refractivity contribution >= 4 is 10.0 Å². The third-order valence-corrected chi connectivity index (χ3v) is 6.66. The molecule has 8 heteroatoms. The normalized spacial score (nSPS) is 16.5. The van der Waals surface area contributed by atoms with Crippen molar-refractivity contribution in [3.05, 3.63) is 66.3 Å². The smallest absolute Gasteiger partial charge is 0.245 e. The quantitative estimate of drug-likeness (QED) is 0.685. The van der Waals surface area contributed by atoms with E-state index in [0.29, 0.717) is 24.6 Å². The van der Waals surface area contributed by atoms with Crippen molar-refractivity contribution in [2.45, 2.75) is 23.7 Å². The molecule has 6 nitrogen and oxygen atoms in total. The largest absolute Gasteiger partial charge is 0.339 e. The van der Waals surface area contributed by atoms with Crippen LogP contribution in [0.3, 0.4) is 0 Å². The lowest BCUT2D eigenvalue weighted by molar-refractivity contribution is 0.270. The van der Waals surface area contributed by atoms with Gasteiger partial charge in [-0.05, 0) is 25.0 Å². The Morgan fingerprint density at radius 1 is 1.00 bits per heavy atom. The van der Waals surface area contributed by atoms with Crippen LogP contribution in [0.25, 0.3) is 11.4 Å². The van der Waals surface area contributed by atoms with E-state index in [2.05, 4.69) is 10.1 Å². The minimum absolute atomic E-state index is 0.0120. The molecule has 0 amide bonds. The van der Waals surface area contributed by atoms with Crippen molar-refractivity contribution < 1.29 is 17.3 Å². The second-order valence-corrected chi connectivity index (χ2v) is 8.34. The average molecular weight is 387 g/mol. The summed E-state index contributed by atoms with van der Waals surface area (Å²) in [5.41, 5.74) is 0.868. The summed E-state index contributed by atoms with van der Waals surface area (Å²) < 4.78 is 46.0. The molecule has 1 aromatic heterocycles. The molecule has 0 saturated carbocycles. The molecule has 0 atom stereocenters. The van der Waals surface area contributed by atoms with Crippen LogP contribution in [0, 0.1) is 5.82 Å². The highest BCUT2D eigenvalue weighted by atomic mass is 32.2. The molecule has 1 fully saturated rings. The van der Waals surface area contributed by atoms with Crippen LogP contribution in [-0.2, 0) is 10.0 Å². The van der Waals surface area contributed by atoms with Crippen LogP contribution < -0.4 is 0 Å². The van der Waals surface area contributed by atoms with E-state index in [1.165, 1.54) is 22.5 Å². The third kappa shape index (κ3) is 3.50. The van der Waals surface area contributed by atoms with Crippen molar-refractivity contribution in [3.63, 3.8) is 0 Å². The SMILES string of the molecule is O=S(=O)(c1ccccc1F)N1CCC(c2nc(-c3ccccc3)no2)CC1. The van der Waals surface area contributed by atoms with Crippen molar-refractivity contribution in [2.24, 2.45) is 0 Å². The van der Waals surface area contributed by atoms with Gasteiger partial charge in [0.05, 0.1) is 0 Å². The van der Waals surface area contributed by atoms with E-state index in [-0.39, 0.29) is 23.9 Å². The maximum absolute atomic E-state index is 13.9. The molecule has 2 aromatic carbocycles. The number of hydrogen-bond donors (Lipinski definition) is 0. The third-order valence-electron chi connectivity index (χ3n) is 4.73. The number of sulfonamides is 1. The van der Waals surface area contributed by atoms with Gasteiger partial charge in [0.1, 0.15) is 10.7 Å². The number of rotatable bonds is 4. The zero-order chi connectivity index (χ0) is 18.9. The van der Waals surface area contributed by atoms with Crippen LogP contribution in [0.15, 0.2) is 64.0 Å². The van der Waals surface area contributed by atoms with Gasteiger partial charge in [-0.1, -0.05) is 47.6 Å². The van der Waals surface area contributed by atoms with Crippen LogP contribution in [0.5, 0.6) is 0 Å². The van der Waals surface area contributed by atoms with Gasteiger partial charge < -0.3 is 4.52 Å². The highest BCUT2D eigenvalue weighted by Gasteiger charge is 2.33. The van der Waals surface area contributed by atoms with E-state index >= 15 is 0 Å². The van der Waals surface area contributed by atoms with Crippen molar-refractivity contribution in [2.75, 3.05) is 13.1 Å². The van der Waals surface area contributed by atoms with Gasteiger partial charge in [-0.3, -0.25) is 0 Å². The molecule has 2 heterocycles. The van der Waals surface area contributed by atoms with Gasteiger partial charge in [0, 0.05) is 24.6 Å². The van der Waals surface area contributed by atoms with Gasteiger partial charge in [0.2, 0.25) is 21.7 Å². The Kier molecular flexibility index (Phi) is 4.75. The Balaban J connectivity index is 1.47. The summed E-state index contributed by atoms with van der Waals surface area (Å²) in [6.45, 7) is 0.564. The summed E-state index contributed by atoms with van der Waals surface area (Å²) in [7, 11) is -3.84. The summed E-state index contributed by atoms with van der Waals surface area (Å²) in [6.07, 6.45) is 1.09. The molecule has 3 aromatic rings. The number of benzene rings is 2. The molecule has 4 rings (SSSR count). The molecule has 0 radical (unpaired) electrons. The first-order chi connectivity index (χ1) is 13.1. The highest BCUT2D eigenvalue weighted by molar-refractivity contribution is 7.89. The summed E-state index contributed by atoms with van der Waals surface area (Å²) in [5.74, 6) is 0.287. The summed E-state index contributed by atoms with van der Waals surface area (Å²) in [5, 5.41) is 4.02. The second-order valence-electron chi connectivity index (χ2n) is 6.43. The fraction of sp³-hybridized carbons (Fsp3) is 0.263. The van der Waals surface area contributed by atoms with Crippen molar-refractivity contribution in [1.29, 1.82) is 0 Å². The average Bonchev–Trinajstić information content (AvgIpc) is 3.19. The molecule has 27 heavy (non-hydrogen) atoms. The van der Waals surface area contributed by atoms with E-state index in [9.17, 15) is 12.8 Å². The molecule has 0 bridgehead atoms. The summed E-state index contributed by atoms with van der Waals surface area (Å²) >= 11 is 0. The minimum atomic E-state index is -3.84. The molecule has 140 valence electrons. The first-order valence-corrected chi connectivity index (χ1v) is 10.1. The van der Waals surface area contributed by atoms with Crippen LogP contribution in [-0.4, -0.2) is 36.0 Å². The van der Waals surface area contributed by atoms with Crippen LogP contribution >= 0.6 is 0 Å². The summed E-state index contributed by atoms with van der Waals surface area (Å²) in [6, 6.07) is 15.0. The Morgan fingerprint density at radius 2 is 1.67 bits per heavy atom. The lowest BCUT2D eigenvalue weighted by Crippen LogP contribution is -2.38. The van der Waals surface area contributed by atoms with Gasteiger partial charge in [-0.2, -0.15) is 9.29 Å². The number of hydrogen-bond acceptors (Lipinski definition) is 5. The molecule has 0 unspecified atom stereocenters. The maximum atomic E-state index is 13.9. The number of aromatic nitrogens is 2. The highest BCUT2D eigenvalue weighted by Crippen LogP contribution is 2.31. The van der Waals surface area contributed by atoms with Crippen molar-refractivity contribution in [3.8, 4) is 11.4 Å². The van der Waals surface area contributed by atoms with Gasteiger partial charge >= 0.3 is 0 Å². The minimum Gasteiger partial charge on any atom is -0.339 e. The predicted molar refractivity (Wildman–Crippen MR) is 96.9 cm³/mol.